The average Bonchev–Trinajstić information content (AvgIpc) is 3.88. The third-order valence-corrected chi connectivity index (χ3v) is 13.8. The number of hydrogen-bond acceptors (Lipinski definition) is 3. The summed E-state index contributed by atoms with van der Waals surface area (Å²) < 4.78 is 2.60. The Morgan fingerprint density at radius 3 is 1.66 bits per heavy atom. The Morgan fingerprint density at radius 2 is 0.871 bits per heavy atom. The Hall–Kier alpha value is -7.72. The van der Waals surface area contributed by atoms with Crippen LogP contribution < -0.4 is 0 Å². The molecule has 1 aliphatic rings. The first-order valence-electron chi connectivity index (χ1n) is 21.1. The van der Waals surface area contributed by atoms with Gasteiger partial charge in [0.15, 0.2) is 5.82 Å². The normalized spacial score (nSPS) is 12.6. The molecular formula is C59H38N2S. The molecule has 0 atom stereocenters. The minimum atomic E-state index is -0.493. The second-order valence-corrected chi connectivity index (χ2v) is 17.1. The molecule has 0 spiro atoms. The van der Waals surface area contributed by atoms with Crippen LogP contribution >= 0.6 is 11.3 Å². The first-order valence-corrected chi connectivity index (χ1v) is 22.0. The Kier molecular flexibility index (Phi) is 8.62. The molecule has 9 aromatic carbocycles. The molecule has 290 valence electrons. The van der Waals surface area contributed by atoms with Gasteiger partial charge in [0.25, 0.3) is 0 Å². The van der Waals surface area contributed by atoms with Gasteiger partial charge in [0, 0.05) is 36.9 Å². The monoisotopic (exact) mass is 806 g/mol. The molecule has 2 heterocycles. The smallest absolute Gasteiger partial charge is 0.160 e. The zero-order chi connectivity index (χ0) is 41.0. The fraction of sp³-hybridized carbons (Fsp3) is 0.0169. The number of benzene rings is 9. The van der Waals surface area contributed by atoms with E-state index in [0.717, 1.165) is 39.2 Å². The fourth-order valence-corrected chi connectivity index (χ4v) is 11.1. The van der Waals surface area contributed by atoms with Gasteiger partial charge < -0.3 is 0 Å². The Labute approximate surface area is 365 Å². The van der Waals surface area contributed by atoms with Crippen LogP contribution in [0.4, 0.5) is 0 Å². The van der Waals surface area contributed by atoms with Crippen molar-refractivity contribution in [1.82, 2.24) is 9.97 Å². The van der Waals surface area contributed by atoms with Crippen LogP contribution in [0.5, 0.6) is 0 Å². The number of nitrogens with zero attached hydrogens (tertiary/aromatic N) is 2. The summed E-state index contributed by atoms with van der Waals surface area (Å²) in [4.78, 5) is 10.6. The molecule has 0 N–H and O–H groups in total. The van der Waals surface area contributed by atoms with Crippen LogP contribution in [0.2, 0.25) is 0 Å². The predicted molar refractivity (Wildman–Crippen MR) is 259 cm³/mol. The lowest BCUT2D eigenvalue weighted by Crippen LogP contribution is -2.28. The van der Waals surface area contributed by atoms with Crippen molar-refractivity contribution < 1.29 is 0 Å². The number of fused-ring (bicyclic) bond motifs is 6. The van der Waals surface area contributed by atoms with Crippen molar-refractivity contribution in [3.63, 3.8) is 0 Å². The van der Waals surface area contributed by atoms with Gasteiger partial charge in [0.2, 0.25) is 0 Å². The van der Waals surface area contributed by atoms with Gasteiger partial charge in [-0.15, -0.1) is 11.3 Å². The van der Waals surface area contributed by atoms with Crippen molar-refractivity contribution >= 4 is 31.5 Å². The zero-order valence-corrected chi connectivity index (χ0v) is 34.6. The lowest BCUT2D eigenvalue weighted by atomic mass is 9.67. The van der Waals surface area contributed by atoms with Gasteiger partial charge in [-0.05, 0) is 79.9 Å². The van der Waals surface area contributed by atoms with Crippen molar-refractivity contribution in [2.75, 3.05) is 0 Å². The molecule has 0 saturated carbocycles. The predicted octanol–water partition coefficient (Wildman–Crippen LogP) is 15.5. The van der Waals surface area contributed by atoms with E-state index < -0.39 is 5.41 Å². The van der Waals surface area contributed by atoms with Crippen molar-refractivity contribution in [3.05, 3.63) is 253 Å². The van der Waals surface area contributed by atoms with Gasteiger partial charge in [-0.2, -0.15) is 0 Å². The average molecular weight is 807 g/mol. The summed E-state index contributed by atoms with van der Waals surface area (Å²) in [5, 5.41) is 2.59. The topological polar surface area (TPSA) is 25.8 Å². The van der Waals surface area contributed by atoms with E-state index in [9.17, 15) is 0 Å². The molecule has 11 aromatic rings. The van der Waals surface area contributed by atoms with E-state index in [1.807, 2.05) is 17.4 Å². The number of aromatic nitrogens is 2. The molecule has 2 nitrogen and oxygen atoms in total. The zero-order valence-electron chi connectivity index (χ0n) is 33.7. The third-order valence-electron chi connectivity index (χ3n) is 12.6. The van der Waals surface area contributed by atoms with Gasteiger partial charge in [0.05, 0.1) is 16.8 Å². The fourth-order valence-electron chi connectivity index (χ4n) is 9.84. The number of rotatable bonds is 7. The molecule has 62 heavy (non-hydrogen) atoms. The largest absolute Gasteiger partial charge is 0.228 e. The van der Waals surface area contributed by atoms with Gasteiger partial charge in [-0.25, -0.2) is 9.97 Å². The molecule has 12 rings (SSSR count). The lowest BCUT2D eigenvalue weighted by Gasteiger charge is -2.34. The molecule has 0 fully saturated rings. The van der Waals surface area contributed by atoms with Crippen LogP contribution in [-0.4, -0.2) is 9.97 Å². The molecular weight excluding hydrogens is 769 g/mol. The molecule has 3 heteroatoms. The SMILES string of the molecule is c1ccc(-c2nc(-c3cccc(-c4cccc5c4sc4ccccc45)c3)cc(-c3ccccc3-c3ccc4c(c3)C(c3ccccc3)(c3ccccc3)c3ccccc3-4)n2)cc1. The van der Waals surface area contributed by atoms with Gasteiger partial charge >= 0.3 is 0 Å². The summed E-state index contributed by atoms with van der Waals surface area (Å²) >= 11 is 1.86. The quantitative estimate of drug-likeness (QED) is 0.160. The van der Waals surface area contributed by atoms with Crippen LogP contribution in [0.25, 0.3) is 87.5 Å². The molecule has 0 unspecified atom stereocenters. The number of hydrogen-bond donors (Lipinski definition) is 0. The minimum absolute atomic E-state index is 0.493. The summed E-state index contributed by atoms with van der Waals surface area (Å²) in [6.45, 7) is 0. The summed E-state index contributed by atoms with van der Waals surface area (Å²) in [6.07, 6.45) is 0. The van der Waals surface area contributed by atoms with E-state index in [1.165, 1.54) is 64.7 Å². The molecule has 0 bridgehead atoms. The van der Waals surface area contributed by atoms with E-state index in [1.54, 1.807) is 0 Å². The summed E-state index contributed by atoms with van der Waals surface area (Å²) in [7, 11) is 0. The van der Waals surface area contributed by atoms with Crippen LogP contribution in [0, 0.1) is 0 Å². The Bertz CT molecular complexity index is 3420. The van der Waals surface area contributed by atoms with E-state index in [-0.39, 0.29) is 0 Å². The summed E-state index contributed by atoms with van der Waals surface area (Å²) in [5.41, 5.74) is 16.6. The lowest BCUT2D eigenvalue weighted by molar-refractivity contribution is 0.769. The van der Waals surface area contributed by atoms with Crippen molar-refractivity contribution in [1.29, 1.82) is 0 Å². The molecule has 0 radical (unpaired) electrons. The molecule has 2 aromatic heterocycles. The van der Waals surface area contributed by atoms with E-state index in [2.05, 4.69) is 224 Å². The van der Waals surface area contributed by atoms with E-state index in [4.69, 9.17) is 9.97 Å². The second kappa shape index (κ2) is 14.8. The number of thiophene rings is 1. The van der Waals surface area contributed by atoms with Crippen LogP contribution in [0.15, 0.2) is 231 Å². The highest BCUT2D eigenvalue weighted by atomic mass is 32.1. The summed E-state index contributed by atoms with van der Waals surface area (Å²) in [6, 6.07) is 83.4. The minimum Gasteiger partial charge on any atom is -0.228 e. The second-order valence-electron chi connectivity index (χ2n) is 16.0. The van der Waals surface area contributed by atoms with Crippen molar-refractivity contribution in [3.8, 4) is 67.3 Å². The first kappa shape index (κ1) is 36.2. The van der Waals surface area contributed by atoms with Crippen LogP contribution in [-0.2, 0) is 5.41 Å². The van der Waals surface area contributed by atoms with Crippen LogP contribution in [0.1, 0.15) is 22.3 Å². The highest BCUT2D eigenvalue weighted by Crippen LogP contribution is 2.57. The van der Waals surface area contributed by atoms with Gasteiger partial charge in [-0.3, -0.25) is 0 Å². The third kappa shape index (κ3) is 5.78. The van der Waals surface area contributed by atoms with Gasteiger partial charge in [0.1, 0.15) is 0 Å². The maximum absolute atomic E-state index is 5.35. The van der Waals surface area contributed by atoms with E-state index >= 15 is 0 Å². The molecule has 0 aliphatic heterocycles. The maximum Gasteiger partial charge on any atom is 0.160 e. The highest BCUT2D eigenvalue weighted by Gasteiger charge is 2.46. The Morgan fingerprint density at radius 1 is 0.323 bits per heavy atom. The molecule has 0 saturated heterocycles. The van der Waals surface area contributed by atoms with Gasteiger partial charge in [-0.1, -0.05) is 206 Å². The standard InChI is InChI=1S/C59H38N2S/c1-4-18-39(19-5-1)58-60-54(42-21-16-20-40(36-42)46-30-17-31-51-50-29-13-15-33-56(50)62-57(46)51)38-55(61-58)49-28-11-10-26-45(49)41-34-35-48-47-27-12-14-32-52(47)59(53(48)37-41,43-22-6-2-7-23-43)44-24-8-3-9-25-44/h1-38H. The van der Waals surface area contributed by atoms with E-state index in [0.29, 0.717) is 5.82 Å². The first-order chi connectivity index (χ1) is 30.7. The van der Waals surface area contributed by atoms with Crippen molar-refractivity contribution in [2.24, 2.45) is 0 Å². The maximum atomic E-state index is 5.35. The molecule has 0 amide bonds. The summed E-state index contributed by atoms with van der Waals surface area (Å²) in [5.74, 6) is 0.696. The van der Waals surface area contributed by atoms with Crippen molar-refractivity contribution in [2.45, 2.75) is 5.41 Å². The van der Waals surface area contributed by atoms with Crippen LogP contribution in [0.3, 0.4) is 0 Å². The highest BCUT2D eigenvalue weighted by molar-refractivity contribution is 7.26. The Balaban J connectivity index is 1.04. The molecule has 1 aliphatic carbocycles.